The van der Waals surface area contributed by atoms with Crippen molar-refractivity contribution in [3.8, 4) is 0 Å². The summed E-state index contributed by atoms with van der Waals surface area (Å²) in [7, 11) is 1.25. The zero-order valence-corrected chi connectivity index (χ0v) is 22.8. The quantitative estimate of drug-likeness (QED) is 0.472. The number of carbonyl (C=O) groups excluding carboxylic acids is 4. The summed E-state index contributed by atoms with van der Waals surface area (Å²) < 4.78 is 10.1. The summed E-state index contributed by atoms with van der Waals surface area (Å²) in [6.07, 6.45) is 1.19. The minimum atomic E-state index is -0.968. The highest BCUT2D eigenvalue weighted by atomic mass is 16.6. The van der Waals surface area contributed by atoms with Gasteiger partial charge in [-0.1, -0.05) is 37.6 Å². The minimum Gasteiger partial charge on any atom is -0.468 e. The molecule has 1 aromatic rings. The van der Waals surface area contributed by atoms with Crippen LogP contribution in [0.3, 0.4) is 0 Å². The van der Waals surface area contributed by atoms with E-state index < -0.39 is 35.7 Å². The van der Waals surface area contributed by atoms with Gasteiger partial charge < -0.3 is 25.0 Å². The van der Waals surface area contributed by atoms with Gasteiger partial charge in [0.25, 0.3) is 0 Å². The molecule has 0 spiro atoms. The number of benzene rings is 1. The highest BCUT2D eigenvalue weighted by Crippen LogP contribution is 2.37. The number of aryl methyl sites for hydroxylation is 2. The molecule has 9 nitrogen and oxygen atoms in total. The second-order valence-electron chi connectivity index (χ2n) is 10.9. The third-order valence-electron chi connectivity index (χ3n) is 5.78. The second kappa shape index (κ2) is 12.2. The molecule has 3 amide bonds. The smallest absolute Gasteiger partial charge is 0.408 e. The molecule has 200 valence electrons. The Hall–Kier alpha value is -3.10. The number of nitrogens with one attached hydrogen (secondary N) is 2. The number of hydrogen-bond acceptors (Lipinski definition) is 6. The highest BCUT2D eigenvalue weighted by molar-refractivity contribution is 5.93. The molecule has 2 rings (SSSR count). The number of methoxy groups -OCH3 is 1. The Labute approximate surface area is 214 Å². The van der Waals surface area contributed by atoms with Crippen molar-refractivity contribution in [3.05, 3.63) is 34.9 Å². The lowest BCUT2D eigenvalue weighted by Crippen LogP contribution is -2.54. The van der Waals surface area contributed by atoms with Crippen LogP contribution in [0.15, 0.2) is 18.2 Å². The number of alkyl carbamates (subject to hydrolysis) is 1. The van der Waals surface area contributed by atoms with Crippen LogP contribution in [0, 0.1) is 19.8 Å². The number of amides is 3. The number of esters is 1. The van der Waals surface area contributed by atoms with Gasteiger partial charge in [0, 0.05) is 6.04 Å². The standard InChI is InChI=1S/C27H41N3O6/c1-16(2)13-21(29-26(34)36-27(5,6)7)25(33)30(19-11-12-19)23(24(32)28-15-22(31)35-8)20-14-17(3)9-10-18(20)4/h9-10,14,16,19,21,23H,11-13,15H2,1-8H3,(H,28,32)(H,29,34). The summed E-state index contributed by atoms with van der Waals surface area (Å²) in [4.78, 5) is 53.5. The van der Waals surface area contributed by atoms with E-state index in [1.54, 1.807) is 25.7 Å². The monoisotopic (exact) mass is 503 g/mol. The molecule has 0 bridgehead atoms. The number of carbonyl (C=O) groups is 4. The molecule has 1 aliphatic rings. The molecular formula is C27H41N3O6. The Morgan fingerprint density at radius 2 is 1.75 bits per heavy atom. The van der Waals surface area contributed by atoms with E-state index in [1.165, 1.54) is 7.11 Å². The first-order valence-corrected chi connectivity index (χ1v) is 12.5. The Bertz CT molecular complexity index is 965. The van der Waals surface area contributed by atoms with Gasteiger partial charge in [0.15, 0.2) is 0 Å². The van der Waals surface area contributed by atoms with Crippen LogP contribution in [-0.4, -0.2) is 60.1 Å². The lowest BCUT2D eigenvalue weighted by molar-refractivity contribution is -0.145. The Kier molecular flexibility index (Phi) is 9.90. The summed E-state index contributed by atoms with van der Waals surface area (Å²) in [5, 5.41) is 5.37. The third-order valence-corrected chi connectivity index (χ3v) is 5.78. The molecule has 9 heteroatoms. The SMILES string of the molecule is COC(=O)CNC(=O)C(c1cc(C)ccc1C)N(C(=O)C(CC(C)C)NC(=O)OC(C)(C)C)C1CC1. The van der Waals surface area contributed by atoms with Crippen molar-refractivity contribution in [3.63, 3.8) is 0 Å². The first kappa shape index (κ1) is 29.1. The summed E-state index contributed by atoms with van der Waals surface area (Å²) >= 11 is 0. The molecule has 0 aliphatic heterocycles. The van der Waals surface area contributed by atoms with Crippen molar-refractivity contribution >= 4 is 23.9 Å². The van der Waals surface area contributed by atoms with Gasteiger partial charge >= 0.3 is 12.1 Å². The lowest BCUT2D eigenvalue weighted by atomic mass is 9.95. The first-order chi connectivity index (χ1) is 16.7. The van der Waals surface area contributed by atoms with Crippen LogP contribution < -0.4 is 10.6 Å². The van der Waals surface area contributed by atoms with Crippen LogP contribution in [0.25, 0.3) is 0 Å². The lowest BCUT2D eigenvalue weighted by Gasteiger charge is -2.35. The number of rotatable bonds is 10. The van der Waals surface area contributed by atoms with E-state index in [1.807, 2.05) is 45.9 Å². The molecular weight excluding hydrogens is 462 g/mol. The fourth-order valence-corrected chi connectivity index (χ4v) is 3.99. The van der Waals surface area contributed by atoms with Crippen molar-refractivity contribution in [2.45, 2.75) is 91.5 Å². The third kappa shape index (κ3) is 8.53. The molecule has 2 atom stereocenters. The van der Waals surface area contributed by atoms with Crippen molar-refractivity contribution in [1.29, 1.82) is 0 Å². The van der Waals surface area contributed by atoms with E-state index in [0.717, 1.165) is 24.0 Å². The van der Waals surface area contributed by atoms with E-state index in [2.05, 4.69) is 15.4 Å². The molecule has 2 unspecified atom stereocenters. The largest absolute Gasteiger partial charge is 0.468 e. The molecule has 36 heavy (non-hydrogen) atoms. The summed E-state index contributed by atoms with van der Waals surface area (Å²) in [5.74, 6) is -1.31. The van der Waals surface area contributed by atoms with Crippen LogP contribution in [0.2, 0.25) is 0 Å². The number of ether oxygens (including phenoxy) is 2. The van der Waals surface area contributed by atoms with Gasteiger partial charge in [0.1, 0.15) is 24.2 Å². The molecule has 1 aromatic carbocycles. The Morgan fingerprint density at radius 3 is 2.28 bits per heavy atom. The van der Waals surface area contributed by atoms with Crippen LogP contribution in [0.5, 0.6) is 0 Å². The van der Waals surface area contributed by atoms with Gasteiger partial charge in [-0.15, -0.1) is 0 Å². The molecule has 1 fully saturated rings. The van der Waals surface area contributed by atoms with Crippen molar-refractivity contribution in [2.75, 3.05) is 13.7 Å². The average Bonchev–Trinajstić information content (AvgIpc) is 3.59. The predicted octanol–water partition coefficient (Wildman–Crippen LogP) is 3.56. The highest BCUT2D eigenvalue weighted by Gasteiger charge is 2.44. The maximum Gasteiger partial charge on any atom is 0.408 e. The Morgan fingerprint density at radius 1 is 1.11 bits per heavy atom. The van der Waals surface area contributed by atoms with Crippen molar-refractivity contribution in [1.82, 2.24) is 15.5 Å². The van der Waals surface area contributed by atoms with Gasteiger partial charge in [-0.25, -0.2) is 4.79 Å². The van der Waals surface area contributed by atoms with E-state index in [4.69, 9.17) is 4.74 Å². The maximum atomic E-state index is 14.1. The molecule has 1 saturated carbocycles. The molecule has 2 N–H and O–H groups in total. The van der Waals surface area contributed by atoms with Crippen LogP contribution >= 0.6 is 0 Å². The molecule has 0 radical (unpaired) electrons. The van der Waals surface area contributed by atoms with Crippen LogP contribution in [0.1, 0.15) is 76.6 Å². The summed E-state index contributed by atoms with van der Waals surface area (Å²) in [5.41, 5.74) is 1.74. The van der Waals surface area contributed by atoms with E-state index in [-0.39, 0.29) is 24.4 Å². The van der Waals surface area contributed by atoms with Crippen LogP contribution in [-0.2, 0) is 23.9 Å². The van der Waals surface area contributed by atoms with E-state index in [0.29, 0.717) is 12.0 Å². The van der Waals surface area contributed by atoms with E-state index >= 15 is 0 Å². The first-order valence-electron chi connectivity index (χ1n) is 12.5. The second-order valence-corrected chi connectivity index (χ2v) is 10.9. The number of nitrogens with zero attached hydrogens (tertiary/aromatic N) is 1. The van der Waals surface area contributed by atoms with Gasteiger partial charge in [0.05, 0.1) is 7.11 Å². The molecule has 0 heterocycles. The minimum absolute atomic E-state index is 0.0993. The maximum absolute atomic E-state index is 14.1. The summed E-state index contributed by atoms with van der Waals surface area (Å²) in [6, 6.07) is 3.74. The van der Waals surface area contributed by atoms with Gasteiger partial charge in [-0.05, 0) is 70.9 Å². The van der Waals surface area contributed by atoms with Crippen molar-refractivity contribution < 1.29 is 28.7 Å². The topological polar surface area (TPSA) is 114 Å². The normalized spacial score (nSPS) is 15.0. The van der Waals surface area contributed by atoms with E-state index in [9.17, 15) is 19.2 Å². The molecule has 0 saturated heterocycles. The fourth-order valence-electron chi connectivity index (χ4n) is 3.99. The van der Waals surface area contributed by atoms with Gasteiger partial charge in [-0.2, -0.15) is 0 Å². The van der Waals surface area contributed by atoms with Gasteiger partial charge in [0.2, 0.25) is 11.8 Å². The zero-order valence-electron chi connectivity index (χ0n) is 22.8. The van der Waals surface area contributed by atoms with Crippen LogP contribution in [0.4, 0.5) is 4.79 Å². The van der Waals surface area contributed by atoms with Gasteiger partial charge in [-0.3, -0.25) is 14.4 Å². The Balaban J connectivity index is 2.48. The fraction of sp³-hybridized carbons (Fsp3) is 0.630. The zero-order chi connectivity index (χ0) is 27.2. The number of hydrogen-bond donors (Lipinski definition) is 2. The summed E-state index contributed by atoms with van der Waals surface area (Å²) in [6.45, 7) is 12.7. The molecule has 1 aliphatic carbocycles. The van der Waals surface area contributed by atoms with Crippen molar-refractivity contribution in [2.24, 2.45) is 5.92 Å². The average molecular weight is 504 g/mol. The predicted molar refractivity (Wildman–Crippen MR) is 136 cm³/mol. The molecule has 0 aromatic heterocycles.